The molecule has 0 unspecified atom stereocenters. The van der Waals surface area contributed by atoms with E-state index in [1.165, 1.54) is 0 Å². The summed E-state index contributed by atoms with van der Waals surface area (Å²) >= 11 is 6.06. The Morgan fingerprint density at radius 3 is 2.78 bits per heavy atom. The Morgan fingerprint density at radius 2 is 2.00 bits per heavy atom. The van der Waals surface area contributed by atoms with Gasteiger partial charge in [0.25, 0.3) is 0 Å². The molecule has 2 rings (SSSR count). The van der Waals surface area contributed by atoms with Gasteiger partial charge in [-0.15, -0.1) is 0 Å². The zero-order chi connectivity index (χ0) is 12.8. The molecule has 1 heterocycles. The van der Waals surface area contributed by atoms with E-state index in [1.807, 2.05) is 49.4 Å². The van der Waals surface area contributed by atoms with Crippen LogP contribution < -0.4 is 10.1 Å². The van der Waals surface area contributed by atoms with E-state index >= 15 is 0 Å². The second-order valence-corrected chi connectivity index (χ2v) is 4.18. The third-order valence-corrected chi connectivity index (χ3v) is 2.78. The van der Waals surface area contributed by atoms with Crippen LogP contribution in [-0.2, 0) is 6.61 Å². The Balaban J connectivity index is 2.02. The molecule has 94 valence electrons. The van der Waals surface area contributed by atoms with E-state index in [1.54, 1.807) is 0 Å². The number of nitrogens with zero attached hydrogens (tertiary/aromatic N) is 1. The molecular weight excluding hydrogens is 248 g/mol. The van der Waals surface area contributed by atoms with E-state index in [-0.39, 0.29) is 0 Å². The fourth-order valence-corrected chi connectivity index (χ4v) is 1.73. The summed E-state index contributed by atoms with van der Waals surface area (Å²) in [5.74, 6) is 1.41. The van der Waals surface area contributed by atoms with Crippen molar-refractivity contribution < 1.29 is 4.74 Å². The molecule has 0 saturated heterocycles. The Labute approximate surface area is 112 Å². The van der Waals surface area contributed by atoms with Gasteiger partial charge in [0.05, 0.1) is 0 Å². The van der Waals surface area contributed by atoms with Crippen LogP contribution in [0.25, 0.3) is 0 Å². The SMILES string of the molecule is CCNc1cccc(OCc2ccccc2Cl)n1. The maximum absolute atomic E-state index is 6.06. The summed E-state index contributed by atoms with van der Waals surface area (Å²) in [5, 5.41) is 3.85. The molecule has 18 heavy (non-hydrogen) atoms. The van der Waals surface area contributed by atoms with Gasteiger partial charge in [-0.05, 0) is 19.1 Å². The number of pyridine rings is 1. The number of hydrogen-bond donors (Lipinski definition) is 1. The highest BCUT2D eigenvalue weighted by molar-refractivity contribution is 6.31. The van der Waals surface area contributed by atoms with Crippen molar-refractivity contribution in [2.45, 2.75) is 13.5 Å². The van der Waals surface area contributed by atoms with Crippen LogP contribution in [0.1, 0.15) is 12.5 Å². The molecule has 0 fully saturated rings. The average Bonchev–Trinajstić information content (AvgIpc) is 2.39. The summed E-state index contributed by atoms with van der Waals surface area (Å²) in [5.41, 5.74) is 0.954. The highest BCUT2D eigenvalue weighted by Gasteiger charge is 2.01. The van der Waals surface area contributed by atoms with Crippen molar-refractivity contribution in [1.82, 2.24) is 4.98 Å². The zero-order valence-corrected chi connectivity index (χ0v) is 10.9. The minimum atomic E-state index is 0.419. The van der Waals surface area contributed by atoms with Crippen LogP contribution in [0.5, 0.6) is 5.88 Å². The monoisotopic (exact) mass is 262 g/mol. The van der Waals surface area contributed by atoms with Crippen LogP contribution in [0.15, 0.2) is 42.5 Å². The Kier molecular flexibility index (Phi) is 4.42. The molecule has 0 aliphatic rings. The van der Waals surface area contributed by atoms with Crippen molar-refractivity contribution >= 4 is 17.4 Å². The summed E-state index contributed by atoms with van der Waals surface area (Å²) in [4.78, 5) is 4.33. The van der Waals surface area contributed by atoms with E-state index in [9.17, 15) is 0 Å². The summed E-state index contributed by atoms with van der Waals surface area (Å²) in [6, 6.07) is 13.3. The van der Waals surface area contributed by atoms with E-state index in [0.29, 0.717) is 17.5 Å². The van der Waals surface area contributed by atoms with Crippen LogP contribution in [0.2, 0.25) is 5.02 Å². The minimum absolute atomic E-state index is 0.419. The van der Waals surface area contributed by atoms with Gasteiger partial charge in [-0.25, -0.2) is 0 Å². The number of aromatic nitrogens is 1. The van der Waals surface area contributed by atoms with Gasteiger partial charge < -0.3 is 10.1 Å². The largest absolute Gasteiger partial charge is 0.473 e. The third-order valence-electron chi connectivity index (χ3n) is 2.41. The molecule has 0 saturated carbocycles. The summed E-state index contributed by atoms with van der Waals surface area (Å²) in [6.45, 7) is 3.28. The summed E-state index contributed by atoms with van der Waals surface area (Å²) in [7, 11) is 0. The lowest BCUT2D eigenvalue weighted by Gasteiger charge is -2.08. The Morgan fingerprint density at radius 1 is 1.17 bits per heavy atom. The highest BCUT2D eigenvalue weighted by atomic mass is 35.5. The van der Waals surface area contributed by atoms with Gasteiger partial charge in [0.2, 0.25) is 5.88 Å². The van der Waals surface area contributed by atoms with Crippen LogP contribution in [0.3, 0.4) is 0 Å². The van der Waals surface area contributed by atoms with Gasteiger partial charge in [0.15, 0.2) is 0 Å². The van der Waals surface area contributed by atoms with Crippen molar-refractivity contribution in [3.63, 3.8) is 0 Å². The topological polar surface area (TPSA) is 34.1 Å². The number of halogens is 1. The number of hydrogen-bond acceptors (Lipinski definition) is 3. The second-order valence-electron chi connectivity index (χ2n) is 3.77. The number of benzene rings is 1. The lowest BCUT2D eigenvalue weighted by Crippen LogP contribution is -2.02. The number of nitrogens with one attached hydrogen (secondary N) is 1. The van der Waals surface area contributed by atoms with E-state index in [2.05, 4.69) is 10.3 Å². The van der Waals surface area contributed by atoms with E-state index in [0.717, 1.165) is 17.9 Å². The fraction of sp³-hybridized carbons (Fsp3) is 0.214. The standard InChI is InChI=1S/C14H15ClN2O/c1-2-16-13-8-5-9-14(17-13)18-10-11-6-3-4-7-12(11)15/h3-9H,2,10H2,1H3,(H,16,17). The van der Waals surface area contributed by atoms with E-state index < -0.39 is 0 Å². The number of rotatable bonds is 5. The second kappa shape index (κ2) is 6.26. The molecule has 1 N–H and O–H groups in total. The van der Waals surface area contributed by atoms with Gasteiger partial charge in [-0.2, -0.15) is 4.98 Å². The first-order valence-corrected chi connectivity index (χ1v) is 6.24. The fourth-order valence-electron chi connectivity index (χ4n) is 1.54. The van der Waals surface area contributed by atoms with Crippen LogP contribution in [0, 0.1) is 0 Å². The first-order chi connectivity index (χ1) is 8.79. The van der Waals surface area contributed by atoms with Gasteiger partial charge in [-0.1, -0.05) is 35.9 Å². The highest BCUT2D eigenvalue weighted by Crippen LogP contribution is 2.18. The van der Waals surface area contributed by atoms with Gasteiger partial charge in [0, 0.05) is 23.2 Å². The van der Waals surface area contributed by atoms with Crippen LogP contribution in [0.4, 0.5) is 5.82 Å². The summed E-state index contributed by atoms with van der Waals surface area (Å²) in [6.07, 6.45) is 0. The molecule has 0 aliphatic heterocycles. The Hall–Kier alpha value is -1.74. The maximum Gasteiger partial charge on any atom is 0.215 e. The molecule has 3 nitrogen and oxygen atoms in total. The van der Waals surface area contributed by atoms with Gasteiger partial charge >= 0.3 is 0 Å². The number of anilines is 1. The van der Waals surface area contributed by atoms with Crippen LogP contribution in [-0.4, -0.2) is 11.5 Å². The van der Waals surface area contributed by atoms with Crippen molar-refractivity contribution in [3.8, 4) is 5.88 Å². The quantitative estimate of drug-likeness (QED) is 0.891. The molecule has 0 bridgehead atoms. The molecule has 0 spiro atoms. The lowest BCUT2D eigenvalue weighted by atomic mass is 10.2. The predicted molar refractivity (Wildman–Crippen MR) is 74.2 cm³/mol. The van der Waals surface area contributed by atoms with Gasteiger partial charge in [0.1, 0.15) is 12.4 Å². The molecule has 0 aliphatic carbocycles. The first-order valence-electron chi connectivity index (χ1n) is 5.86. The maximum atomic E-state index is 6.06. The molecule has 1 aromatic carbocycles. The first kappa shape index (κ1) is 12.7. The minimum Gasteiger partial charge on any atom is -0.473 e. The lowest BCUT2D eigenvalue weighted by molar-refractivity contribution is 0.294. The van der Waals surface area contributed by atoms with Crippen molar-refractivity contribution in [2.24, 2.45) is 0 Å². The molecule has 0 radical (unpaired) electrons. The van der Waals surface area contributed by atoms with Gasteiger partial charge in [-0.3, -0.25) is 0 Å². The smallest absolute Gasteiger partial charge is 0.215 e. The number of ether oxygens (including phenoxy) is 1. The van der Waals surface area contributed by atoms with Crippen molar-refractivity contribution in [3.05, 3.63) is 53.1 Å². The van der Waals surface area contributed by atoms with Crippen molar-refractivity contribution in [2.75, 3.05) is 11.9 Å². The zero-order valence-electron chi connectivity index (χ0n) is 10.2. The molecular formula is C14H15ClN2O. The van der Waals surface area contributed by atoms with Crippen LogP contribution >= 0.6 is 11.6 Å². The normalized spacial score (nSPS) is 10.1. The molecule has 4 heteroatoms. The molecule has 0 amide bonds. The van der Waals surface area contributed by atoms with E-state index in [4.69, 9.17) is 16.3 Å². The predicted octanol–water partition coefficient (Wildman–Crippen LogP) is 3.75. The van der Waals surface area contributed by atoms with Crippen molar-refractivity contribution in [1.29, 1.82) is 0 Å². The molecule has 1 aromatic heterocycles. The third kappa shape index (κ3) is 3.37. The molecule has 2 aromatic rings. The molecule has 0 atom stereocenters. The summed E-state index contributed by atoms with van der Waals surface area (Å²) < 4.78 is 5.62. The average molecular weight is 263 g/mol. The Bertz CT molecular complexity index is 517.